The van der Waals surface area contributed by atoms with E-state index in [1.165, 1.54) is 0 Å². The first-order valence-electron chi connectivity index (χ1n) is 14.2. The molecule has 0 aliphatic heterocycles. The summed E-state index contributed by atoms with van der Waals surface area (Å²) in [5.41, 5.74) is 9.40. The lowest BCUT2D eigenvalue weighted by Crippen LogP contribution is -2.51. The number of hydrogen-bond acceptors (Lipinski definition) is 4. The molecular weight excluding hydrogens is 526 g/mol. The van der Waals surface area contributed by atoms with E-state index in [1.807, 2.05) is 128 Å². The Morgan fingerprint density at radius 1 is 0.738 bits per heavy atom. The molecule has 0 spiro atoms. The highest BCUT2D eigenvalue weighted by Gasteiger charge is 2.37. The van der Waals surface area contributed by atoms with Crippen LogP contribution < -0.4 is 11.1 Å². The van der Waals surface area contributed by atoms with Crippen LogP contribution in [0, 0.1) is 0 Å². The van der Waals surface area contributed by atoms with Gasteiger partial charge in [-0.15, -0.1) is 0 Å². The Balaban J connectivity index is 1.55. The van der Waals surface area contributed by atoms with Gasteiger partial charge in [0.1, 0.15) is 12.6 Å². The van der Waals surface area contributed by atoms with E-state index in [1.54, 1.807) is 4.90 Å². The van der Waals surface area contributed by atoms with Crippen molar-refractivity contribution >= 4 is 17.9 Å². The number of hydrogen-bond donors (Lipinski definition) is 2. The maximum atomic E-state index is 14.6. The number of ether oxygens (including phenoxy) is 1. The first-order chi connectivity index (χ1) is 20.5. The quantitative estimate of drug-likeness (QED) is 0.196. The first-order valence-corrected chi connectivity index (χ1v) is 14.2. The van der Waals surface area contributed by atoms with E-state index in [-0.39, 0.29) is 25.5 Å². The lowest BCUT2D eigenvalue weighted by molar-refractivity contribution is -0.142. The summed E-state index contributed by atoms with van der Waals surface area (Å²) in [5, 5.41) is 2.73. The number of nitrogens with one attached hydrogen (secondary N) is 1. The van der Waals surface area contributed by atoms with Gasteiger partial charge in [0, 0.05) is 6.54 Å². The van der Waals surface area contributed by atoms with Gasteiger partial charge in [-0.2, -0.15) is 0 Å². The van der Waals surface area contributed by atoms with Gasteiger partial charge < -0.3 is 20.7 Å². The molecule has 4 rings (SSSR count). The van der Waals surface area contributed by atoms with Gasteiger partial charge in [-0.05, 0) is 42.0 Å². The summed E-state index contributed by atoms with van der Waals surface area (Å²) in [7, 11) is 0. The number of amides is 3. The lowest BCUT2D eigenvalue weighted by Gasteiger charge is -2.38. The predicted octanol–water partition coefficient (Wildman–Crippen LogP) is 5.97. The molecule has 7 heteroatoms. The molecular formula is C35H37N3O4. The van der Waals surface area contributed by atoms with Gasteiger partial charge in [-0.25, -0.2) is 4.79 Å². The first kappa shape index (κ1) is 30.1. The molecule has 4 aromatic carbocycles. The van der Waals surface area contributed by atoms with Crippen LogP contribution in [0.4, 0.5) is 4.79 Å². The number of primary amides is 1. The van der Waals surface area contributed by atoms with Crippen molar-refractivity contribution in [3.63, 3.8) is 0 Å². The summed E-state index contributed by atoms with van der Waals surface area (Å²) in [5.74, 6) is -1.45. The number of nitrogens with zero attached hydrogens (tertiary/aromatic N) is 1. The average Bonchev–Trinajstić information content (AvgIpc) is 3.03. The van der Waals surface area contributed by atoms with E-state index < -0.39 is 30.0 Å². The number of alkyl carbamates (subject to hydrolysis) is 1. The molecule has 0 unspecified atom stereocenters. The standard InChI is InChI=1S/C35H37N3O4/c1-26(28-17-8-3-9-18-28)38(34(40)32(29-19-10-4-11-20-29)30-21-12-5-13-22-30)31(33(36)39)23-14-24-37-35(41)42-25-27-15-6-2-7-16-27/h2-13,15-22,26,31-32H,14,23-25H2,1H3,(H2,36,39)(H,37,41)/t26-,31-/m1/s1. The molecule has 0 aromatic heterocycles. The molecule has 0 saturated heterocycles. The molecule has 0 aliphatic rings. The van der Waals surface area contributed by atoms with E-state index in [0.29, 0.717) is 6.42 Å². The maximum absolute atomic E-state index is 14.6. The molecule has 0 radical (unpaired) electrons. The van der Waals surface area contributed by atoms with Crippen molar-refractivity contribution < 1.29 is 19.1 Å². The van der Waals surface area contributed by atoms with E-state index in [4.69, 9.17) is 10.5 Å². The van der Waals surface area contributed by atoms with Crippen LogP contribution in [0.2, 0.25) is 0 Å². The third-order valence-electron chi connectivity index (χ3n) is 7.27. The molecule has 0 fully saturated rings. The zero-order valence-corrected chi connectivity index (χ0v) is 23.8. The van der Waals surface area contributed by atoms with Crippen LogP contribution in [0.3, 0.4) is 0 Å². The number of carbonyl (C=O) groups excluding carboxylic acids is 3. The molecule has 216 valence electrons. The Bertz CT molecular complexity index is 1380. The molecule has 0 aliphatic carbocycles. The molecule has 3 N–H and O–H groups in total. The number of rotatable bonds is 13. The SMILES string of the molecule is C[C@H](c1ccccc1)N(C(=O)C(c1ccccc1)c1ccccc1)[C@H](CCCNC(=O)OCc1ccccc1)C(N)=O. The van der Waals surface area contributed by atoms with Crippen LogP contribution in [-0.2, 0) is 20.9 Å². The smallest absolute Gasteiger partial charge is 0.407 e. The molecule has 0 heterocycles. The zero-order valence-electron chi connectivity index (χ0n) is 23.8. The van der Waals surface area contributed by atoms with Crippen LogP contribution in [0.1, 0.15) is 54.0 Å². The van der Waals surface area contributed by atoms with Gasteiger partial charge in [0.15, 0.2) is 0 Å². The zero-order chi connectivity index (χ0) is 29.7. The summed E-state index contributed by atoms with van der Waals surface area (Å²) < 4.78 is 5.29. The summed E-state index contributed by atoms with van der Waals surface area (Å²) in [6, 6.07) is 36.8. The van der Waals surface area contributed by atoms with E-state index >= 15 is 0 Å². The monoisotopic (exact) mass is 563 g/mol. The van der Waals surface area contributed by atoms with Gasteiger partial charge >= 0.3 is 6.09 Å². The van der Waals surface area contributed by atoms with Crippen LogP contribution in [0.15, 0.2) is 121 Å². The van der Waals surface area contributed by atoms with Crippen LogP contribution >= 0.6 is 0 Å². The minimum absolute atomic E-state index is 0.161. The van der Waals surface area contributed by atoms with Gasteiger partial charge in [-0.3, -0.25) is 9.59 Å². The Morgan fingerprint density at radius 3 is 1.71 bits per heavy atom. The van der Waals surface area contributed by atoms with Crippen molar-refractivity contribution in [3.05, 3.63) is 144 Å². The average molecular weight is 564 g/mol. The summed E-state index contributed by atoms with van der Waals surface area (Å²) in [6.07, 6.45) is 0.141. The van der Waals surface area contributed by atoms with Gasteiger partial charge in [-0.1, -0.05) is 121 Å². The van der Waals surface area contributed by atoms with Crippen molar-refractivity contribution in [3.8, 4) is 0 Å². The largest absolute Gasteiger partial charge is 0.445 e. The molecule has 2 atom stereocenters. The molecule has 0 saturated carbocycles. The Labute approximate surface area is 247 Å². The van der Waals surface area contributed by atoms with Crippen molar-refractivity contribution in [2.24, 2.45) is 5.73 Å². The van der Waals surface area contributed by atoms with Crippen molar-refractivity contribution in [1.29, 1.82) is 0 Å². The minimum atomic E-state index is -0.898. The second kappa shape index (κ2) is 15.2. The van der Waals surface area contributed by atoms with Crippen LogP contribution in [0.25, 0.3) is 0 Å². The highest BCUT2D eigenvalue weighted by atomic mass is 16.5. The Morgan fingerprint density at radius 2 is 1.21 bits per heavy atom. The summed E-state index contributed by atoms with van der Waals surface area (Å²) >= 11 is 0. The van der Waals surface area contributed by atoms with Crippen LogP contribution in [0.5, 0.6) is 0 Å². The van der Waals surface area contributed by atoms with E-state index in [0.717, 1.165) is 22.3 Å². The number of carbonyl (C=O) groups is 3. The van der Waals surface area contributed by atoms with Crippen LogP contribution in [-0.4, -0.2) is 35.4 Å². The fraction of sp³-hybridized carbons (Fsp3) is 0.229. The third kappa shape index (κ3) is 8.07. The minimum Gasteiger partial charge on any atom is -0.445 e. The molecule has 42 heavy (non-hydrogen) atoms. The van der Waals surface area contributed by atoms with E-state index in [9.17, 15) is 14.4 Å². The van der Waals surface area contributed by atoms with E-state index in [2.05, 4.69) is 5.32 Å². The summed E-state index contributed by atoms with van der Waals surface area (Å²) in [6.45, 7) is 2.34. The number of nitrogens with two attached hydrogens (primary N) is 1. The molecule has 4 aromatic rings. The van der Waals surface area contributed by atoms with Crippen molar-refractivity contribution in [2.45, 2.75) is 44.4 Å². The van der Waals surface area contributed by atoms with Gasteiger partial charge in [0.05, 0.1) is 12.0 Å². The highest BCUT2D eigenvalue weighted by Crippen LogP contribution is 2.33. The molecule has 3 amide bonds. The third-order valence-corrected chi connectivity index (χ3v) is 7.27. The Hall–Kier alpha value is -4.91. The van der Waals surface area contributed by atoms with Gasteiger partial charge in [0.2, 0.25) is 11.8 Å². The molecule has 0 bridgehead atoms. The second-order valence-electron chi connectivity index (χ2n) is 10.1. The van der Waals surface area contributed by atoms with Gasteiger partial charge in [0.25, 0.3) is 0 Å². The fourth-order valence-corrected chi connectivity index (χ4v) is 5.10. The topological polar surface area (TPSA) is 102 Å². The second-order valence-corrected chi connectivity index (χ2v) is 10.1. The lowest BCUT2D eigenvalue weighted by atomic mass is 9.88. The van der Waals surface area contributed by atoms with Crippen molar-refractivity contribution in [2.75, 3.05) is 6.54 Å². The maximum Gasteiger partial charge on any atom is 0.407 e. The normalized spacial score (nSPS) is 12.2. The Kier molecular flexibility index (Phi) is 10.9. The number of benzene rings is 4. The fourth-order valence-electron chi connectivity index (χ4n) is 5.10. The molecule has 7 nitrogen and oxygen atoms in total. The summed E-state index contributed by atoms with van der Waals surface area (Å²) in [4.78, 5) is 41.4. The highest BCUT2D eigenvalue weighted by molar-refractivity contribution is 5.92. The predicted molar refractivity (Wildman–Crippen MR) is 163 cm³/mol. The van der Waals surface area contributed by atoms with Crippen molar-refractivity contribution in [1.82, 2.24) is 10.2 Å².